The summed E-state index contributed by atoms with van der Waals surface area (Å²) in [6.07, 6.45) is 0.546. The second-order valence-electron chi connectivity index (χ2n) is 4.16. The molecule has 1 heterocycles. The number of nitrogens with one attached hydrogen (secondary N) is 1. The lowest BCUT2D eigenvalue weighted by Gasteiger charge is -2.03. The molecule has 100 valence electrons. The Kier molecular flexibility index (Phi) is 3.85. The van der Waals surface area contributed by atoms with Crippen molar-refractivity contribution >= 4 is 5.91 Å². The molecule has 0 fully saturated rings. The molecule has 0 aliphatic carbocycles. The zero-order valence-electron chi connectivity index (χ0n) is 11.2. The maximum absolute atomic E-state index is 11.8. The quantitative estimate of drug-likeness (QED) is 0.912. The highest BCUT2D eigenvalue weighted by molar-refractivity contribution is 5.96. The van der Waals surface area contributed by atoms with Crippen LogP contribution in [-0.4, -0.2) is 25.2 Å². The number of methoxy groups -OCH3 is 1. The average Bonchev–Trinajstić information content (AvgIpc) is 2.80. The molecule has 0 atom stereocenters. The molecule has 1 amide bonds. The predicted octanol–water partition coefficient (Wildman–Crippen LogP) is 1.94. The number of aryl methyl sites for hydroxylation is 1. The lowest BCUT2D eigenvalue weighted by molar-refractivity contribution is 0.0961. The van der Waals surface area contributed by atoms with Crippen LogP contribution in [-0.2, 0) is 6.42 Å². The number of rotatable bonds is 4. The van der Waals surface area contributed by atoms with Crippen LogP contribution in [0.1, 0.15) is 27.4 Å². The number of carbonyl (C=O) groups excluding carboxylic acids is 1. The van der Waals surface area contributed by atoms with Gasteiger partial charge in [0, 0.05) is 13.5 Å². The Morgan fingerprint density at radius 3 is 2.63 bits per heavy atom. The third-order valence-electron chi connectivity index (χ3n) is 2.92. The zero-order chi connectivity index (χ0) is 13.8. The molecular formula is C14H16N2O3. The number of benzene rings is 1. The highest BCUT2D eigenvalue weighted by Gasteiger charge is 2.19. The van der Waals surface area contributed by atoms with Gasteiger partial charge in [-0.1, -0.05) is 17.3 Å². The van der Waals surface area contributed by atoms with Gasteiger partial charge in [0.05, 0.1) is 7.11 Å². The Morgan fingerprint density at radius 1 is 1.37 bits per heavy atom. The highest BCUT2D eigenvalue weighted by atomic mass is 16.5. The first kappa shape index (κ1) is 13.1. The molecule has 0 aliphatic heterocycles. The summed E-state index contributed by atoms with van der Waals surface area (Å²) in [6.45, 7) is 1.73. The number of nitrogens with zero attached hydrogens (tertiary/aromatic N) is 1. The van der Waals surface area contributed by atoms with Crippen molar-refractivity contribution in [3.63, 3.8) is 0 Å². The van der Waals surface area contributed by atoms with Gasteiger partial charge < -0.3 is 14.6 Å². The van der Waals surface area contributed by atoms with Gasteiger partial charge in [-0.3, -0.25) is 4.79 Å². The van der Waals surface area contributed by atoms with E-state index in [1.165, 1.54) is 0 Å². The van der Waals surface area contributed by atoms with Crippen molar-refractivity contribution in [3.05, 3.63) is 46.8 Å². The predicted molar refractivity (Wildman–Crippen MR) is 70.4 cm³/mol. The van der Waals surface area contributed by atoms with Crippen LogP contribution in [0.3, 0.4) is 0 Å². The summed E-state index contributed by atoms with van der Waals surface area (Å²) in [5.74, 6) is 1.15. The molecule has 2 aromatic rings. The Hall–Kier alpha value is -2.30. The normalized spacial score (nSPS) is 10.3. The van der Waals surface area contributed by atoms with Crippen molar-refractivity contribution < 1.29 is 14.1 Å². The van der Waals surface area contributed by atoms with Crippen LogP contribution in [0.2, 0.25) is 0 Å². The molecular weight excluding hydrogens is 244 g/mol. The van der Waals surface area contributed by atoms with E-state index in [1.54, 1.807) is 21.1 Å². The van der Waals surface area contributed by atoms with Crippen LogP contribution < -0.4 is 10.1 Å². The first-order valence-electron chi connectivity index (χ1n) is 5.96. The average molecular weight is 260 g/mol. The van der Waals surface area contributed by atoms with Crippen LogP contribution in [0.5, 0.6) is 5.75 Å². The van der Waals surface area contributed by atoms with E-state index in [0.29, 0.717) is 23.4 Å². The summed E-state index contributed by atoms with van der Waals surface area (Å²) in [5, 5.41) is 6.55. The molecule has 0 bridgehead atoms. The van der Waals surface area contributed by atoms with E-state index >= 15 is 0 Å². The van der Waals surface area contributed by atoms with E-state index in [9.17, 15) is 4.79 Å². The minimum Gasteiger partial charge on any atom is -0.497 e. The summed E-state index contributed by atoms with van der Waals surface area (Å²) < 4.78 is 10.2. The second kappa shape index (κ2) is 5.56. The molecule has 5 heteroatoms. The fourth-order valence-electron chi connectivity index (χ4n) is 1.89. The third kappa shape index (κ3) is 2.76. The van der Waals surface area contributed by atoms with Crippen molar-refractivity contribution in [1.82, 2.24) is 10.5 Å². The Bertz CT molecular complexity index is 573. The molecule has 0 spiro atoms. The topological polar surface area (TPSA) is 64.4 Å². The van der Waals surface area contributed by atoms with Crippen LogP contribution >= 0.6 is 0 Å². The van der Waals surface area contributed by atoms with Crippen LogP contribution in [0.4, 0.5) is 0 Å². The van der Waals surface area contributed by atoms with Crippen molar-refractivity contribution in [1.29, 1.82) is 0 Å². The number of aromatic nitrogens is 1. The summed E-state index contributed by atoms with van der Waals surface area (Å²) in [6, 6.07) is 7.64. The number of hydrogen-bond donors (Lipinski definition) is 1. The Balaban J connectivity index is 2.25. The fourth-order valence-corrected chi connectivity index (χ4v) is 1.89. The van der Waals surface area contributed by atoms with E-state index in [0.717, 1.165) is 11.3 Å². The number of carbonyl (C=O) groups is 1. The lowest BCUT2D eigenvalue weighted by Crippen LogP contribution is -2.19. The van der Waals surface area contributed by atoms with E-state index in [2.05, 4.69) is 10.5 Å². The summed E-state index contributed by atoms with van der Waals surface area (Å²) in [5.41, 5.74) is 2.19. The molecule has 0 saturated heterocycles. The molecule has 0 aliphatic rings. The number of ether oxygens (including phenoxy) is 1. The second-order valence-corrected chi connectivity index (χ2v) is 4.16. The van der Waals surface area contributed by atoms with Gasteiger partial charge in [0.15, 0.2) is 0 Å². The van der Waals surface area contributed by atoms with E-state index in [-0.39, 0.29) is 5.91 Å². The molecule has 0 unspecified atom stereocenters. The van der Waals surface area contributed by atoms with E-state index in [4.69, 9.17) is 9.26 Å². The smallest absolute Gasteiger partial charge is 0.256 e. The molecule has 2 rings (SSSR count). The maximum atomic E-state index is 11.8. The zero-order valence-corrected chi connectivity index (χ0v) is 11.2. The third-order valence-corrected chi connectivity index (χ3v) is 2.92. The first-order chi connectivity index (χ1) is 9.15. The number of hydrogen-bond acceptors (Lipinski definition) is 4. The monoisotopic (exact) mass is 260 g/mol. The molecule has 1 aromatic heterocycles. The summed E-state index contributed by atoms with van der Waals surface area (Å²) in [4.78, 5) is 11.8. The van der Waals surface area contributed by atoms with E-state index in [1.807, 2.05) is 24.3 Å². The molecule has 5 nitrogen and oxygen atoms in total. The Labute approximate surface area is 111 Å². The highest BCUT2D eigenvalue weighted by Crippen LogP contribution is 2.19. The van der Waals surface area contributed by atoms with Gasteiger partial charge in [-0.25, -0.2) is 0 Å². The SMILES string of the molecule is CNC(=O)c1c(Cc2ccc(OC)cc2)noc1C. The van der Waals surface area contributed by atoms with Gasteiger partial charge in [-0.05, 0) is 24.6 Å². The van der Waals surface area contributed by atoms with Crippen molar-refractivity contribution in [2.24, 2.45) is 0 Å². The van der Waals surface area contributed by atoms with Crippen LogP contribution in [0.25, 0.3) is 0 Å². The summed E-state index contributed by atoms with van der Waals surface area (Å²) in [7, 11) is 3.21. The van der Waals surface area contributed by atoms with Crippen LogP contribution in [0, 0.1) is 6.92 Å². The minimum absolute atomic E-state index is 0.178. The van der Waals surface area contributed by atoms with Gasteiger partial charge in [-0.15, -0.1) is 0 Å². The minimum atomic E-state index is -0.178. The van der Waals surface area contributed by atoms with Gasteiger partial charge >= 0.3 is 0 Å². The fraction of sp³-hybridized carbons (Fsp3) is 0.286. The molecule has 19 heavy (non-hydrogen) atoms. The van der Waals surface area contributed by atoms with Gasteiger partial charge in [0.1, 0.15) is 22.8 Å². The van der Waals surface area contributed by atoms with E-state index < -0.39 is 0 Å². The number of amides is 1. The lowest BCUT2D eigenvalue weighted by atomic mass is 10.0. The van der Waals surface area contributed by atoms with Crippen molar-refractivity contribution in [2.75, 3.05) is 14.2 Å². The molecule has 0 radical (unpaired) electrons. The van der Waals surface area contributed by atoms with Gasteiger partial charge in [-0.2, -0.15) is 0 Å². The largest absolute Gasteiger partial charge is 0.497 e. The van der Waals surface area contributed by atoms with Gasteiger partial charge in [0.25, 0.3) is 5.91 Å². The summed E-state index contributed by atoms with van der Waals surface area (Å²) >= 11 is 0. The maximum Gasteiger partial charge on any atom is 0.256 e. The van der Waals surface area contributed by atoms with Gasteiger partial charge in [0.2, 0.25) is 0 Å². The first-order valence-corrected chi connectivity index (χ1v) is 5.96. The van der Waals surface area contributed by atoms with Crippen molar-refractivity contribution in [3.8, 4) is 5.75 Å². The van der Waals surface area contributed by atoms with Crippen LogP contribution in [0.15, 0.2) is 28.8 Å². The molecule has 1 aromatic carbocycles. The Morgan fingerprint density at radius 2 is 2.05 bits per heavy atom. The molecule has 1 N–H and O–H groups in total. The standard InChI is InChI=1S/C14H16N2O3/c1-9-13(14(17)15-2)12(16-19-9)8-10-4-6-11(18-3)7-5-10/h4-7H,8H2,1-3H3,(H,15,17). The van der Waals surface area contributed by atoms with Crippen molar-refractivity contribution in [2.45, 2.75) is 13.3 Å². The molecule has 0 saturated carbocycles.